The molecule has 0 atom stereocenters. The summed E-state index contributed by atoms with van der Waals surface area (Å²) in [5, 5.41) is 5.60. The summed E-state index contributed by atoms with van der Waals surface area (Å²) in [7, 11) is 0. The van der Waals surface area contributed by atoms with E-state index >= 15 is 0 Å². The van der Waals surface area contributed by atoms with Gasteiger partial charge in [-0.05, 0) is 62.3 Å². The molecule has 0 amide bonds. The highest BCUT2D eigenvalue weighted by Gasteiger charge is 2.19. The summed E-state index contributed by atoms with van der Waals surface area (Å²) in [6, 6.07) is 4.07. The lowest BCUT2D eigenvalue weighted by atomic mass is 9.92. The zero-order valence-corrected chi connectivity index (χ0v) is 13.0. The third-order valence-corrected chi connectivity index (χ3v) is 4.29. The minimum atomic E-state index is 0.798. The Bertz CT molecular complexity index is 649. The average Bonchev–Trinajstić information content (AvgIpc) is 2.44. The second kappa shape index (κ2) is 5.61. The number of hydrogen-bond donors (Lipinski definition) is 1. The van der Waals surface area contributed by atoms with Crippen molar-refractivity contribution in [3.63, 3.8) is 0 Å². The molecule has 0 spiro atoms. The largest absolute Gasteiger partial charge is 0.384 e. The predicted octanol–water partition coefficient (Wildman–Crippen LogP) is 4.90. The Labute approximate surface area is 125 Å². The molecule has 0 saturated carbocycles. The van der Waals surface area contributed by atoms with E-state index in [1.165, 1.54) is 40.7 Å². The van der Waals surface area contributed by atoms with E-state index in [1.807, 2.05) is 6.07 Å². The van der Waals surface area contributed by atoms with Gasteiger partial charge in [-0.3, -0.25) is 4.98 Å². The number of nitrogens with zero attached hydrogens (tertiary/aromatic N) is 1. The van der Waals surface area contributed by atoms with Gasteiger partial charge in [0.15, 0.2) is 0 Å². The zero-order chi connectivity index (χ0) is 14.1. The van der Waals surface area contributed by atoms with Gasteiger partial charge in [0.05, 0.1) is 5.52 Å². The molecule has 2 aromatic rings. The molecule has 2 nitrogen and oxygen atoms in total. The molecule has 1 aromatic heterocycles. The molecule has 106 valence electrons. The lowest BCUT2D eigenvalue weighted by molar-refractivity contribution is 0.671. The Hall–Kier alpha value is -1.28. The van der Waals surface area contributed by atoms with Gasteiger partial charge >= 0.3 is 0 Å². The van der Waals surface area contributed by atoms with Gasteiger partial charge in [0.2, 0.25) is 0 Å². The van der Waals surface area contributed by atoms with Crippen LogP contribution in [0.5, 0.6) is 0 Å². The summed E-state index contributed by atoms with van der Waals surface area (Å²) in [6.07, 6.45) is 5.88. The smallest absolute Gasteiger partial charge is 0.0756 e. The van der Waals surface area contributed by atoms with Crippen LogP contribution in [-0.4, -0.2) is 11.5 Å². The van der Waals surface area contributed by atoms with E-state index in [2.05, 4.69) is 25.2 Å². The van der Waals surface area contributed by atoms with Crippen molar-refractivity contribution in [3.05, 3.63) is 34.0 Å². The average molecular weight is 289 g/mol. The van der Waals surface area contributed by atoms with Crippen molar-refractivity contribution in [1.29, 1.82) is 0 Å². The maximum absolute atomic E-state index is 6.26. The highest BCUT2D eigenvalue weighted by molar-refractivity contribution is 6.31. The van der Waals surface area contributed by atoms with Gasteiger partial charge in [-0.1, -0.05) is 18.5 Å². The van der Waals surface area contributed by atoms with Gasteiger partial charge in [-0.25, -0.2) is 0 Å². The van der Waals surface area contributed by atoms with E-state index in [0.29, 0.717) is 0 Å². The Balaban J connectivity index is 2.27. The zero-order valence-electron chi connectivity index (χ0n) is 12.2. The van der Waals surface area contributed by atoms with Gasteiger partial charge < -0.3 is 5.32 Å². The number of rotatable bonds is 3. The Kier molecular flexibility index (Phi) is 3.84. The van der Waals surface area contributed by atoms with E-state index in [4.69, 9.17) is 16.6 Å². The number of hydrogen-bond acceptors (Lipinski definition) is 2. The number of benzene rings is 1. The molecule has 3 heteroatoms. The molecule has 0 saturated heterocycles. The van der Waals surface area contributed by atoms with Crippen LogP contribution in [0.15, 0.2) is 12.1 Å². The van der Waals surface area contributed by atoms with Gasteiger partial charge in [-0.15, -0.1) is 0 Å². The first-order valence-electron chi connectivity index (χ1n) is 7.56. The quantitative estimate of drug-likeness (QED) is 0.869. The molecule has 1 heterocycles. The first kappa shape index (κ1) is 13.7. The second-order valence-corrected chi connectivity index (χ2v) is 6.10. The molecule has 1 aliphatic carbocycles. The van der Waals surface area contributed by atoms with E-state index in [9.17, 15) is 0 Å². The van der Waals surface area contributed by atoms with Crippen molar-refractivity contribution >= 4 is 28.2 Å². The first-order valence-corrected chi connectivity index (χ1v) is 7.94. The highest BCUT2D eigenvalue weighted by atomic mass is 35.5. The van der Waals surface area contributed by atoms with Gasteiger partial charge in [0.25, 0.3) is 0 Å². The number of pyridine rings is 1. The summed E-state index contributed by atoms with van der Waals surface area (Å²) < 4.78 is 0. The molecule has 1 N–H and O–H groups in total. The number of fused-ring (bicyclic) bond motifs is 2. The van der Waals surface area contributed by atoms with Gasteiger partial charge in [0, 0.05) is 28.3 Å². The molecule has 0 fully saturated rings. The molecule has 0 bridgehead atoms. The molecule has 3 rings (SSSR count). The minimum absolute atomic E-state index is 0.798. The summed E-state index contributed by atoms with van der Waals surface area (Å²) in [5.74, 6) is 0. The molecular formula is C17H21ClN2. The normalized spacial score (nSPS) is 14.3. The minimum Gasteiger partial charge on any atom is -0.384 e. The van der Waals surface area contributed by atoms with Crippen LogP contribution in [0.4, 0.5) is 5.69 Å². The van der Waals surface area contributed by atoms with Crippen molar-refractivity contribution in [2.24, 2.45) is 0 Å². The van der Waals surface area contributed by atoms with Crippen molar-refractivity contribution in [1.82, 2.24) is 4.98 Å². The third-order valence-electron chi connectivity index (χ3n) is 4.07. The van der Waals surface area contributed by atoms with Crippen molar-refractivity contribution < 1.29 is 0 Å². The van der Waals surface area contributed by atoms with Crippen LogP contribution in [0.1, 0.15) is 43.0 Å². The lowest BCUT2D eigenvalue weighted by Crippen LogP contribution is -2.12. The van der Waals surface area contributed by atoms with Crippen LogP contribution in [0.25, 0.3) is 10.9 Å². The third kappa shape index (κ3) is 2.37. The standard InChI is InChI=1S/C17H21ClN2/c1-3-8-19-17-13-6-4-5-7-15(13)20-16-11(2)9-12(18)10-14(16)17/h9-10H,3-8H2,1-2H3,(H,19,20). The summed E-state index contributed by atoms with van der Waals surface area (Å²) in [5.41, 5.74) is 6.25. The topological polar surface area (TPSA) is 24.9 Å². The van der Waals surface area contributed by atoms with Crippen LogP contribution in [0, 0.1) is 6.92 Å². The van der Waals surface area contributed by atoms with Crippen molar-refractivity contribution in [3.8, 4) is 0 Å². The molecule has 1 aliphatic rings. The molecule has 0 radical (unpaired) electrons. The van der Waals surface area contributed by atoms with Crippen LogP contribution < -0.4 is 5.32 Å². The highest BCUT2D eigenvalue weighted by Crippen LogP contribution is 2.35. The molecular weight excluding hydrogens is 268 g/mol. The Morgan fingerprint density at radius 2 is 2.05 bits per heavy atom. The predicted molar refractivity (Wildman–Crippen MR) is 86.9 cm³/mol. The molecule has 0 aliphatic heterocycles. The fraction of sp³-hybridized carbons (Fsp3) is 0.471. The molecule has 1 aromatic carbocycles. The van der Waals surface area contributed by atoms with Crippen LogP contribution in [0.2, 0.25) is 5.02 Å². The van der Waals surface area contributed by atoms with E-state index in [-0.39, 0.29) is 0 Å². The molecule has 0 unspecified atom stereocenters. The van der Waals surface area contributed by atoms with Crippen LogP contribution in [0.3, 0.4) is 0 Å². The number of aromatic nitrogens is 1. The van der Waals surface area contributed by atoms with Crippen LogP contribution >= 0.6 is 11.6 Å². The molecule has 20 heavy (non-hydrogen) atoms. The summed E-state index contributed by atoms with van der Waals surface area (Å²) >= 11 is 6.26. The van der Waals surface area contributed by atoms with Gasteiger partial charge in [0.1, 0.15) is 0 Å². The summed E-state index contributed by atoms with van der Waals surface area (Å²) in [6.45, 7) is 5.29. The Morgan fingerprint density at radius 1 is 1.25 bits per heavy atom. The fourth-order valence-electron chi connectivity index (χ4n) is 3.11. The second-order valence-electron chi connectivity index (χ2n) is 5.66. The number of anilines is 1. The lowest BCUT2D eigenvalue weighted by Gasteiger charge is -2.22. The number of nitrogens with one attached hydrogen (secondary N) is 1. The maximum Gasteiger partial charge on any atom is 0.0756 e. The van der Waals surface area contributed by atoms with Gasteiger partial charge in [-0.2, -0.15) is 0 Å². The maximum atomic E-state index is 6.26. The monoisotopic (exact) mass is 288 g/mol. The van der Waals surface area contributed by atoms with E-state index in [1.54, 1.807) is 0 Å². The van der Waals surface area contributed by atoms with Crippen molar-refractivity contribution in [2.45, 2.75) is 46.0 Å². The Morgan fingerprint density at radius 3 is 2.85 bits per heavy atom. The number of aryl methyl sites for hydroxylation is 2. The fourth-order valence-corrected chi connectivity index (χ4v) is 3.38. The van der Waals surface area contributed by atoms with E-state index < -0.39 is 0 Å². The van der Waals surface area contributed by atoms with E-state index in [0.717, 1.165) is 36.3 Å². The van der Waals surface area contributed by atoms with Crippen LogP contribution in [-0.2, 0) is 12.8 Å². The number of halogens is 1. The van der Waals surface area contributed by atoms with Crippen molar-refractivity contribution in [2.75, 3.05) is 11.9 Å². The summed E-state index contributed by atoms with van der Waals surface area (Å²) in [4.78, 5) is 4.93. The SMILES string of the molecule is CCCNc1c2c(nc3c(C)cc(Cl)cc13)CCCC2. The first-order chi connectivity index (χ1) is 9.70.